The van der Waals surface area contributed by atoms with Crippen molar-refractivity contribution in [1.29, 1.82) is 0 Å². The van der Waals surface area contributed by atoms with Gasteiger partial charge >= 0.3 is 6.01 Å². The zero-order chi connectivity index (χ0) is 13.5. The Morgan fingerprint density at radius 1 is 1.42 bits per heavy atom. The molecule has 1 aliphatic carbocycles. The number of aromatic nitrogens is 2. The summed E-state index contributed by atoms with van der Waals surface area (Å²) >= 11 is 0. The van der Waals surface area contributed by atoms with Crippen molar-refractivity contribution in [3.63, 3.8) is 0 Å². The Hall–Kier alpha value is -1.14. The third-order valence-corrected chi connectivity index (χ3v) is 3.57. The fourth-order valence-corrected chi connectivity index (χ4v) is 2.14. The zero-order valence-corrected chi connectivity index (χ0v) is 11.9. The first-order valence-corrected chi connectivity index (χ1v) is 7.10. The van der Waals surface area contributed by atoms with E-state index in [1.54, 1.807) is 7.11 Å². The van der Waals surface area contributed by atoms with Gasteiger partial charge in [0, 0.05) is 26.7 Å². The van der Waals surface area contributed by atoms with E-state index in [1.165, 1.54) is 19.3 Å². The van der Waals surface area contributed by atoms with E-state index in [0.717, 1.165) is 25.6 Å². The van der Waals surface area contributed by atoms with Crippen molar-refractivity contribution in [2.75, 3.05) is 38.3 Å². The molecule has 108 valence electrons. The lowest BCUT2D eigenvalue weighted by Crippen LogP contribution is -2.32. The van der Waals surface area contributed by atoms with Crippen LogP contribution >= 0.6 is 0 Å². The second-order valence-corrected chi connectivity index (χ2v) is 4.98. The Bertz CT molecular complexity index is 365. The molecule has 0 aromatic carbocycles. The van der Waals surface area contributed by atoms with Crippen LogP contribution in [0.2, 0.25) is 0 Å². The average Bonchev–Trinajstić information content (AvgIpc) is 2.82. The Morgan fingerprint density at radius 3 is 2.89 bits per heavy atom. The lowest BCUT2D eigenvalue weighted by atomic mass is 9.85. The molecular formula is C13H24N4O2. The summed E-state index contributed by atoms with van der Waals surface area (Å²) in [5.41, 5.74) is 0. The minimum absolute atomic E-state index is 0.595. The third kappa shape index (κ3) is 4.18. The van der Waals surface area contributed by atoms with Gasteiger partial charge in [0.25, 0.3) is 0 Å². The first kappa shape index (κ1) is 14.3. The highest BCUT2D eigenvalue weighted by Crippen LogP contribution is 2.28. The molecule has 6 nitrogen and oxygen atoms in total. The molecule has 1 heterocycles. The quantitative estimate of drug-likeness (QED) is 0.684. The van der Waals surface area contributed by atoms with E-state index in [-0.39, 0.29) is 0 Å². The molecule has 0 unspecified atom stereocenters. The van der Waals surface area contributed by atoms with Gasteiger partial charge in [-0.05, 0) is 25.7 Å². The van der Waals surface area contributed by atoms with Crippen LogP contribution in [0.1, 0.15) is 32.1 Å². The number of rotatable bonds is 9. The second-order valence-electron chi connectivity index (χ2n) is 4.98. The lowest BCUT2D eigenvalue weighted by molar-refractivity contribution is 0.198. The molecule has 0 radical (unpaired) electrons. The first-order chi connectivity index (χ1) is 9.33. The molecule has 1 N–H and O–H groups in total. The van der Waals surface area contributed by atoms with E-state index in [4.69, 9.17) is 9.15 Å². The number of ether oxygens (including phenoxy) is 1. The SMILES string of the molecule is CCN(CC1CCC1)c1nnc(CNCCOC)o1. The first-order valence-electron chi connectivity index (χ1n) is 7.10. The monoisotopic (exact) mass is 268 g/mol. The van der Waals surface area contributed by atoms with E-state index in [9.17, 15) is 0 Å². The molecule has 1 aliphatic rings. The largest absolute Gasteiger partial charge is 0.407 e. The van der Waals surface area contributed by atoms with E-state index in [2.05, 4.69) is 27.3 Å². The molecule has 0 saturated heterocycles. The van der Waals surface area contributed by atoms with E-state index < -0.39 is 0 Å². The number of anilines is 1. The van der Waals surface area contributed by atoms with Crippen molar-refractivity contribution in [2.45, 2.75) is 32.7 Å². The van der Waals surface area contributed by atoms with Crippen LogP contribution in [0.25, 0.3) is 0 Å². The maximum Gasteiger partial charge on any atom is 0.318 e. The predicted molar refractivity (Wildman–Crippen MR) is 73.1 cm³/mol. The summed E-state index contributed by atoms with van der Waals surface area (Å²) in [7, 11) is 1.69. The maximum absolute atomic E-state index is 5.69. The molecule has 0 atom stereocenters. The molecule has 19 heavy (non-hydrogen) atoms. The minimum atomic E-state index is 0.595. The van der Waals surface area contributed by atoms with Crippen molar-refractivity contribution in [3.8, 4) is 0 Å². The maximum atomic E-state index is 5.69. The van der Waals surface area contributed by atoms with Crippen LogP contribution in [0.3, 0.4) is 0 Å². The van der Waals surface area contributed by atoms with Gasteiger partial charge < -0.3 is 19.4 Å². The zero-order valence-electron chi connectivity index (χ0n) is 11.9. The summed E-state index contributed by atoms with van der Waals surface area (Å²) in [5.74, 6) is 1.44. The fraction of sp³-hybridized carbons (Fsp3) is 0.846. The van der Waals surface area contributed by atoms with Crippen LogP contribution in [0.5, 0.6) is 0 Å². The Kier molecular flexibility index (Phi) is 5.60. The van der Waals surface area contributed by atoms with Gasteiger partial charge in [-0.2, -0.15) is 0 Å². The molecule has 0 bridgehead atoms. The van der Waals surface area contributed by atoms with Crippen LogP contribution in [0, 0.1) is 5.92 Å². The van der Waals surface area contributed by atoms with Gasteiger partial charge in [0.1, 0.15) is 0 Å². The van der Waals surface area contributed by atoms with Crippen LogP contribution in [-0.2, 0) is 11.3 Å². The molecular weight excluding hydrogens is 244 g/mol. The van der Waals surface area contributed by atoms with Crippen molar-refractivity contribution in [1.82, 2.24) is 15.5 Å². The predicted octanol–water partition coefficient (Wildman–Crippen LogP) is 1.43. The fourth-order valence-electron chi connectivity index (χ4n) is 2.14. The van der Waals surface area contributed by atoms with E-state index in [0.29, 0.717) is 25.1 Å². The van der Waals surface area contributed by atoms with Crippen LogP contribution in [0.4, 0.5) is 6.01 Å². The molecule has 0 aliphatic heterocycles. The number of nitrogens with zero attached hydrogens (tertiary/aromatic N) is 3. The molecule has 1 aromatic rings. The number of hydrogen-bond donors (Lipinski definition) is 1. The lowest BCUT2D eigenvalue weighted by Gasteiger charge is -2.30. The Balaban J connectivity index is 1.80. The molecule has 0 amide bonds. The minimum Gasteiger partial charge on any atom is -0.407 e. The van der Waals surface area contributed by atoms with Crippen molar-refractivity contribution in [2.24, 2.45) is 5.92 Å². The second kappa shape index (κ2) is 7.45. The Morgan fingerprint density at radius 2 is 2.26 bits per heavy atom. The number of hydrogen-bond acceptors (Lipinski definition) is 6. The molecule has 1 saturated carbocycles. The Labute approximate surface area is 114 Å². The summed E-state index contributed by atoms with van der Waals surface area (Å²) in [6.45, 7) is 6.14. The molecule has 0 spiro atoms. The molecule has 2 rings (SSSR count). The van der Waals surface area contributed by atoms with Gasteiger partial charge in [-0.15, -0.1) is 5.10 Å². The molecule has 1 fully saturated rings. The van der Waals surface area contributed by atoms with Gasteiger partial charge in [0.2, 0.25) is 5.89 Å². The van der Waals surface area contributed by atoms with Gasteiger partial charge in [-0.25, -0.2) is 0 Å². The van der Waals surface area contributed by atoms with Crippen molar-refractivity contribution in [3.05, 3.63) is 5.89 Å². The van der Waals surface area contributed by atoms with Crippen LogP contribution < -0.4 is 10.2 Å². The van der Waals surface area contributed by atoms with E-state index in [1.807, 2.05) is 0 Å². The van der Waals surface area contributed by atoms with Gasteiger partial charge in [0.15, 0.2) is 0 Å². The molecule has 1 aromatic heterocycles. The normalized spacial score (nSPS) is 15.5. The number of methoxy groups -OCH3 is 1. The smallest absolute Gasteiger partial charge is 0.318 e. The highest BCUT2D eigenvalue weighted by Gasteiger charge is 2.22. The highest BCUT2D eigenvalue weighted by atomic mass is 16.5. The van der Waals surface area contributed by atoms with Gasteiger partial charge in [-0.3, -0.25) is 0 Å². The van der Waals surface area contributed by atoms with Crippen LogP contribution in [0.15, 0.2) is 4.42 Å². The summed E-state index contributed by atoms with van der Waals surface area (Å²) < 4.78 is 10.7. The standard InChI is InChI=1S/C13H24N4O2/c1-3-17(10-11-5-4-6-11)13-16-15-12(19-13)9-14-7-8-18-2/h11,14H,3-10H2,1-2H3. The summed E-state index contributed by atoms with van der Waals surface area (Å²) in [6.07, 6.45) is 4.02. The van der Waals surface area contributed by atoms with E-state index >= 15 is 0 Å². The highest BCUT2D eigenvalue weighted by molar-refractivity contribution is 5.23. The topological polar surface area (TPSA) is 63.4 Å². The van der Waals surface area contributed by atoms with Gasteiger partial charge in [0.05, 0.1) is 13.2 Å². The van der Waals surface area contributed by atoms with Crippen LogP contribution in [-0.4, -0.2) is 43.5 Å². The molecule has 6 heteroatoms. The average molecular weight is 268 g/mol. The van der Waals surface area contributed by atoms with Crippen molar-refractivity contribution >= 4 is 6.01 Å². The third-order valence-electron chi connectivity index (χ3n) is 3.57. The number of nitrogens with one attached hydrogen (secondary N) is 1. The summed E-state index contributed by atoms with van der Waals surface area (Å²) in [4.78, 5) is 2.18. The van der Waals surface area contributed by atoms with Crippen molar-refractivity contribution < 1.29 is 9.15 Å². The summed E-state index contributed by atoms with van der Waals surface area (Å²) in [5, 5.41) is 11.4. The summed E-state index contributed by atoms with van der Waals surface area (Å²) in [6, 6.07) is 0.651. The van der Waals surface area contributed by atoms with Gasteiger partial charge in [-0.1, -0.05) is 11.5 Å².